The van der Waals surface area contributed by atoms with Gasteiger partial charge in [0, 0.05) is 44.7 Å². The monoisotopic (exact) mass is 420 g/mol. The van der Waals surface area contributed by atoms with E-state index in [1.54, 1.807) is 0 Å². The van der Waals surface area contributed by atoms with E-state index in [4.69, 9.17) is 9.73 Å². The Morgan fingerprint density at radius 1 is 1.16 bits per heavy atom. The van der Waals surface area contributed by atoms with Gasteiger partial charge in [0.1, 0.15) is 5.75 Å². The molecule has 1 saturated heterocycles. The van der Waals surface area contributed by atoms with E-state index < -0.39 is 0 Å². The molecule has 4 rings (SSSR count). The van der Waals surface area contributed by atoms with Crippen LogP contribution in [0.25, 0.3) is 0 Å². The lowest BCUT2D eigenvalue weighted by Gasteiger charge is -2.37. The summed E-state index contributed by atoms with van der Waals surface area (Å²) >= 11 is 0. The number of benzene rings is 2. The average Bonchev–Trinajstić information content (AvgIpc) is 3.28. The van der Waals surface area contributed by atoms with Crippen molar-refractivity contribution in [2.24, 2.45) is 4.99 Å². The lowest BCUT2D eigenvalue weighted by atomic mass is 10.0. The van der Waals surface area contributed by atoms with Crippen molar-refractivity contribution in [2.75, 3.05) is 32.8 Å². The van der Waals surface area contributed by atoms with Crippen molar-refractivity contribution in [3.8, 4) is 5.75 Å². The minimum absolute atomic E-state index is 0.474. The first-order valence-corrected chi connectivity index (χ1v) is 11.8. The van der Waals surface area contributed by atoms with Crippen LogP contribution < -0.4 is 15.4 Å². The Hall–Kier alpha value is -2.53. The standard InChI is InChI=1S/C26H36N4O/c1-3-27-26(28-15-11-21-9-10-25-23(19-21)14-18-31-25)29-24-12-16-30(17-13-24)20(2)22-7-5-4-6-8-22/h4-10,19-20,24H,3,11-18H2,1-2H3,(H2,27,28,29). The van der Waals surface area contributed by atoms with Crippen molar-refractivity contribution in [1.29, 1.82) is 0 Å². The second kappa shape index (κ2) is 10.7. The Labute approximate surface area is 186 Å². The van der Waals surface area contributed by atoms with E-state index in [0.29, 0.717) is 12.1 Å². The highest BCUT2D eigenvalue weighted by Crippen LogP contribution is 2.26. The van der Waals surface area contributed by atoms with Crippen molar-refractivity contribution in [3.05, 3.63) is 65.2 Å². The summed E-state index contributed by atoms with van der Waals surface area (Å²) in [6.45, 7) is 9.16. The maximum atomic E-state index is 5.61. The van der Waals surface area contributed by atoms with Crippen molar-refractivity contribution in [1.82, 2.24) is 15.5 Å². The number of piperidine rings is 1. The molecule has 2 aliphatic rings. The first-order chi connectivity index (χ1) is 15.2. The molecule has 0 spiro atoms. The van der Waals surface area contributed by atoms with Crippen LogP contribution >= 0.6 is 0 Å². The van der Waals surface area contributed by atoms with Gasteiger partial charge in [0.25, 0.3) is 0 Å². The van der Waals surface area contributed by atoms with Crippen LogP contribution in [0.15, 0.2) is 53.5 Å². The molecular weight excluding hydrogens is 384 g/mol. The van der Waals surface area contributed by atoms with Crippen LogP contribution in [0.1, 0.15) is 49.4 Å². The molecule has 2 heterocycles. The van der Waals surface area contributed by atoms with Crippen LogP contribution in [-0.4, -0.2) is 49.7 Å². The van der Waals surface area contributed by atoms with E-state index in [1.165, 1.54) is 16.7 Å². The lowest BCUT2D eigenvalue weighted by Crippen LogP contribution is -2.49. The molecule has 2 aliphatic heterocycles. The predicted molar refractivity (Wildman–Crippen MR) is 128 cm³/mol. The molecular formula is C26H36N4O. The number of aliphatic imine (C=N–C) groups is 1. The zero-order valence-corrected chi connectivity index (χ0v) is 18.9. The summed E-state index contributed by atoms with van der Waals surface area (Å²) in [7, 11) is 0. The minimum atomic E-state index is 0.474. The van der Waals surface area contributed by atoms with E-state index in [2.05, 4.69) is 77.9 Å². The molecule has 1 unspecified atom stereocenters. The maximum Gasteiger partial charge on any atom is 0.191 e. The number of rotatable bonds is 7. The van der Waals surface area contributed by atoms with Crippen LogP contribution in [-0.2, 0) is 12.8 Å². The van der Waals surface area contributed by atoms with Gasteiger partial charge < -0.3 is 15.4 Å². The number of likely N-dealkylation sites (tertiary alicyclic amines) is 1. The van der Waals surface area contributed by atoms with E-state index in [-0.39, 0.29) is 0 Å². The number of ether oxygens (including phenoxy) is 1. The topological polar surface area (TPSA) is 48.9 Å². The Kier molecular flexibility index (Phi) is 7.47. The normalized spacial score (nSPS) is 18.3. The van der Waals surface area contributed by atoms with Gasteiger partial charge in [0.05, 0.1) is 6.61 Å². The molecule has 2 N–H and O–H groups in total. The van der Waals surface area contributed by atoms with Crippen molar-refractivity contribution >= 4 is 5.96 Å². The van der Waals surface area contributed by atoms with E-state index >= 15 is 0 Å². The Balaban J connectivity index is 1.26. The van der Waals surface area contributed by atoms with Crippen LogP contribution in [0.2, 0.25) is 0 Å². The van der Waals surface area contributed by atoms with Crippen LogP contribution in [0.3, 0.4) is 0 Å². The number of nitrogens with zero attached hydrogens (tertiary/aromatic N) is 2. The summed E-state index contributed by atoms with van der Waals surface area (Å²) in [5, 5.41) is 7.10. The van der Waals surface area contributed by atoms with Crippen LogP contribution in [0.4, 0.5) is 0 Å². The molecule has 0 radical (unpaired) electrons. The van der Waals surface area contributed by atoms with E-state index in [9.17, 15) is 0 Å². The van der Waals surface area contributed by atoms with Crippen LogP contribution in [0, 0.1) is 0 Å². The first kappa shape index (κ1) is 21.7. The van der Waals surface area contributed by atoms with Gasteiger partial charge in [0.2, 0.25) is 0 Å². The summed E-state index contributed by atoms with van der Waals surface area (Å²) < 4.78 is 5.61. The molecule has 1 atom stereocenters. The molecule has 2 aromatic rings. The highest BCUT2D eigenvalue weighted by molar-refractivity contribution is 5.80. The van der Waals surface area contributed by atoms with Crippen molar-refractivity contribution < 1.29 is 4.74 Å². The molecule has 2 aromatic carbocycles. The number of hydrogen-bond acceptors (Lipinski definition) is 3. The van der Waals surface area contributed by atoms with E-state index in [0.717, 1.165) is 70.2 Å². The summed E-state index contributed by atoms with van der Waals surface area (Å²) in [4.78, 5) is 7.44. The zero-order chi connectivity index (χ0) is 21.5. The Morgan fingerprint density at radius 3 is 2.74 bits per heavy atom. The Bertz CT molecular complexity index is 859. The zero-order valence-electron chi connectivity index (χ0n) is 18.9. The van der Waals surface area contributed by atoms with Gasteiger partial charge in [-0.15, -0.1) is 0 Å². The SMILES string of the molecule is CCNC(=NCCc1ccc2c(c1)CCO2)NC1CCN(C(C)c2ccccc2)CC1. The fourth-order valence-corrected chi connectivity index (χ4v) is 4.58. The maximum absolute atomic E-state index is 5.61. The second-order valence-corrected chi connectivity index (χ2v) is 8.59. The largest absolute Gasteiger partial charge is 0.493 e. The average molecular weight is 421 g/mol. The molecule has 0 saturated carbocycles. The fraction of sp³-hybridized carbons (Fsp3) is 0.500. The molecule has 0 aromatic heterocycles. The minimum Gasteiger partial charge on any atom is -0.493 e. The van der Waals surface area contributed by atoms with Crippen molar-refractivity contribution in [3.63, 3.8) is 0 Å². The molecule has 5 nitrogen and oxygen atoms in total. The van der Waals surface area contributed by atoms with Gasteiger partial charge in [0.15, 0.2) is 5.96 Å². The van der Waals surface area contributed by atoms with Crippen molar-refractivity contribution in [2.45, 2.75) is 51.6 Å². The summed E-state index contributed by atoms with van der Waals surface area (Å²) in [6, 6.07) is 18.3. The number of fused-ring (bicyclic) bond motifs is 1. The second-order valence-electron chi connectivity index (χ2n) is 8.59. The first-order valence-electron chi connectivity index (χ1n) is 11.8. The van der Waals surface area contributed by atoms with Gasteiger partial charge in [-0.3, -0.25) is 9.89 Å². The summed E-state index contributed by atoms with van der Waals surface area (Å²) in [5.74, 6) is 2.00. The molecule has 1 fully saturated rings. The van der Waals surface area contributed by atoms with Gasteiger partial charge in [-0.1, -0.05) is 42.5 Å². The quantitative estimate of drug-likeness (QED) is 0.526. The number of nitrogens with one attached hydrogen (secondary N) is 2. The summed E-state index contributed by atoms with van der Waals surface area (Å²) in [6.07, 6.45) is 4.27. The summed E-state index contributed by atoms with van der Waals surface area (Å²) in [5.41, 5.74) is 4.08. The molecule has 166 valence electrons. The third-order valence-corrected chi connectivity index (χ3v) is 6.47. The Morgan fingerprint density at radius 2 is 1.97 bits per heavy atom. The fourth-order valence-electron chi connectivity index (χ4n) is 4.58. The molecule has 31 heavy (non-hydrogen) atoms. The molecule has 0 bridgehead atoms. The van der Waals surface area contributed by atoms with E-state index in [1.807, 2.05) is 0 Å². The number of hydrogen-bond donors (Lipinski definition) is 2. The van der Waals surface area contributed by atoms with Gasteiger partial charge in [-0.25, -0.2) is 0 Å². The third kappa shape index (κ3) is 5.79. The van der Waals surface area contributed by atoms with Gasteiger partial charge in [-0.05, 0) is 55.9 Å². The molecule has 5 heteroatoms. The predicted octanol–water partition coefficient (Wildman–Crippen LogP) is 3.94. The number of guanidine groups is 1. The molecule has 0 aliphatic carbocycles. The molecule has 0 amide bonds. The van der Waals surface area contributed by atoms with Gasteiger partial charge >= 0.3 is 0 Å². The third-order valence-electron chi connectivity index (χ3n) is 6.47. The van der Waals surface area contributed by atoms with Crippen LogP contribution in [0.5, 0.6) is 5.75 Å². The highest BCUT2D eigenvalue weighted by Gasteiger charge is 2.24. The lowest BCUT2D eigenvalue weighted by molar-refractivity contribution is 0.158. The van der Waals surface area contributed by atoms with Gasteiger partial charge in [-0.2, -0.15) is 0 Å². The highest BCUT2D eigenvalue weighted by atomic mass is 16.5. The smallest absolute Gasteiger partial charge is 0.191 e.